The van der Waals surface area contributed by atoms with Crippen LogP contribution < -0.4 is 5.56 Å². The van der Waals surface area contributed by atoms with E-state index in [2.05, 4.69) is 15.1 Å². The third kappa shape index (κ3) is 2.22. The van der Waals surface area contributed by atoms with Crippen LogP contribution in [-0.2, 0) is 0 Å². The van der Waals surface area contributed by atoms with E-state index in [-0.39, 0.29) is 5.56 Å². The molecule has 2 heterocycles. The van der Waals surface area contributed by atoms with Crippen LogP contribution >= 0.6 is 0 Å². The minimum Gasteiger partial charge on any atom is -0.358 e. The Labute approximate surface area is 138 Å². The van der Waals surface area contributed by atoms with Crippen LogP contribution in [0.25, 0.3) is 21.8 Å². The van der Waals surface area contributed by atoms with Gasteiger partial charge in [-0.1, -0.05) is 30.3 Å². The molecule has 0 radical (unpaired) electrons. The van der Waals surface area contributed by atoms with E-state index in [0.717, 1.165) is 22.2 Å². The highest BCUT2D eigenvalue weighted by Gasteiger charge is 2.08. The lowest BCUT2D eigenvalue weighted by Crippen LogP contribution is -2.20. The number of aromatic nitrogens is 3. The van der Waals surface area contributed by atoms with E-state index < -0.39 is 0 Å². The van der Waals surface area contributed by atoms with Gasteiger partial charge in [-0.05, 0) is 32.0 Å². The van der Waals surface area contributed by atoms with Gasteiger partial charge in [-0.15, -0.1) is 0 Å². The molecule has 118 valence electrons. The first kappa shape index (κ1) is 14.4. The fourth-order valence-electron chi connectivity index (χ4n) is 2.95. The van der Waals surface area contributed by atoms with Crippen LogP contribution in [0.1, 0.15) is 17.1 Å². The number of aryl methyl sites for hydroxylation is 2. The van der Waals surface area contributed by atoms with Gasteiger partial charge >= 0.3 is 0 Å². The molecule has 0 saturated heterocycles. The Morgan fingerprint density at radius 1 is 1.04 bits per heavy atom. The zero-order valence-electron chi connectivity index (χ0n) is 13.4. The van der Waals surface area contributed by atoms with E-state index in [9.17, 15) is 4.79 Å². The Bertz CT molecular complexity index is 1150. The maximum absolute atomic E-state index is 12.7. The van der Waals surface area contributed by atoms with Gasteiger partial charge < -0.3 is 4.98 Å². The van der Waals surface area contributed by atoms with Gasteiger partial charge in [0.05, 0.1) is 17.1 Å². The number of H-pyrrole nitrogens is 1. The van der Waals surface area contributed by atoms with Crippen LogP contribution in [0.3, 0.4) is 0 Å². The molecule has 0 bridgehead atoms. The second kappa shape index (κ2) is 5.45. The quantitative estimate of drug-likeness (QED) is 0.576. The van der Waals surface area contributed by atoms with Crippen molar-refractivity contribution in [2.24, 2.45) is 5.10 Å². The van der Waals surface area contributed by atoms with E-state index >= 15 is 0 Å². The number of hydrogen-bond acceptors (Lipinski definition) is 3. The van der Waals surface area contributed by atoms with E-state index in [1.54, 1.807) is 19.2 Å². The van der Waals surface area contributed by atoms with Gasteiger partial charge in [0.15, 0.2) is 0 Å². The molecule has 1 N–H and O–H groups in total. The summed E-state index contributed by atoms with van der Waals surface area (Å²) in [7, 11) is 0. The van der Waals surface area contributed by atoms with Crippen molar-refractivity contribution in [2.75, 3.05) is 0 Å². The highest BCUT2D eigenvalue weighted by atomic mass is 16.1. The number of nitrogens with zero attached hydrogens (tertiary/aromatic N) is 3. The van der Waals surface area contributed by atoms with Gasteiger partial charge in [-0.3, -0.25) is 4.79 Å². The first-order chi connectivity index (χ1) is 11.6. The molecule has 0 aliphatic heterocycles. The average Bonchev–Trinajstić information content (AvgIpc) is 2.90. The minimum absolute atomic E-state index is 0.160. The largest absolute Gasteiger partial charge is 0.358 e. The third-order valence-corrected chi connectivity index (χ3v) is 4.16. The van der Waals surface area contributed by atoms with Crippen molar-refractivity contribution >= 4 is 28.0 Å². The molecular weight excluding hydrogens is 300 g/mol. The zero-order valence-corrected chi connectivity index (χ0v) is 13.4. The maximum atomic E-state index is 12.7. The van der Waals surface area contributed by atoms with Gasteiger partial charge in [0.25, 0.3) is 5.56 Å². The molecule has 24 heavy (non-hydrogen) atoms. The Balaban J connectivity index is 1.88. The van der Waals surface area contributed by atoms with Crippen molar-refractivity contribution in [3.63, 3.8) is 0 Å². The van der Waals surface area contributed by atoms with Gasteiger partial charge in [0.1, 0.15) is 5.82 Å². The lowest BCUT2D eigenvalue weighted by atomic mass is 10.1. The van der Waals surface area contributed by atoms with Gasteiger partial charge in [-0.2, -0.15) is 9.78 Å². The predicted octanol–water partition coefficient (Wildman–Crippen LogP) is 3.38. The van der Waals surface area contributed by atoms with Gasteiger partial charge in [0.2, 0.25) is 0 Å². The lowest BCUT2D eigenvalue weighted by Gasteiger charge is -2.05. The summed E-state index contributed by atoms with van der Waals surface area (Å²) in [5.41, 5.74) is 3.57. The molecule has 2 aromatic carbocycles. The highest BCUT2D eigenvalue weighted by molar-refractivity contribution is 6.00. The molecule has 0 aliphatic rings. The number of nitrogens with one attached hydrogen (secondary N) is 1. The molecule has 5 nitrogen and oxygen atoms in total. The van der Waals surface area contributed by atoms with Crippen molar-refractivity contribution in [3.8, 4) is 0 Å². The average molecular weight is 316 g/mol. The van der Waals surface area contributed by atoms with Crippen LogP contribution in [0.5, 0.6) is 0 Å². The van der Waals surface area contributed by atoms with E-state index in [1.807, 2.05) is 49.4 Å². The van der Waals surface area contributed by atoms with Crippen LogP contribution in [0.2, 0.25) is 0 Å². The smallest absolute Gasteiger partial charge is 0.282 e. The number of aromatic amines is 1. The van der Waals surface area contributed by atoms with Crippen molar-refractivity contribution in [3.05, 3.63) is 76.0 Å². The van der Waals surface area contributed by atoms with E-state index in [4.69, 9.17) is 0 Å². The summed E-state index contributed by atoms with van der Waals surface area (Å²) < 4.78 is 1.35. The van der Waals surface area contributed by atoms with E-state index in [1.165, 1.54) is 4.68 Å². The molecule has 0 fully saturated rings. The lowest BCUT2D eigenvalue weighted by molar-refractivity contribution is 0.771. The van der Waals surface area contributed by atoms with Crippen LogP contribution in [0, 0.1) is 13.8 Å². The SMILES string of the molecule is Cc1[nH]c2ccccc2c1C=Nn1c(C)nc2ccccc2c1=O. The summed E-state index contributed by atoms with van der Waals surface area (Å²) in [6.45, 7) is 3.78. The van der Waals surface area contributed by atoms with Gasteiger partial charge in [-0.25, -0.2) is 4.98 Å². The fraction of sp³-hybridized carbons (Fsp3) is 0.105. The summed E-state index contributed by atoms with van der Waals surface area (Å²) in [6.07, 6.45) is 1.72. The highest BCUT2D eigenvalue weighted by Crippen LogP contribution is 2.20. The number of fused-ring (bicyclic) bond motifs is 2. The van der Waals surface area contributed by atoms with Crippen molar-refractivity contribution in [2.45, 2.75) is 13.8 Å². The Hall–Kier alpha value is -3.21. The Morgan fingerprint density at radius 2 is 1.75 bits per heavy atom. The first-order valence-corrected chi connectivity index (χ1v) is 7.75. The molecule has 0 spiro atoms. The molecule has 0 unspecified atom stereocenters. The number of para-hydroxylation sites is 2. The number of benzene rings is 2. The minimum atomic E-state index is -0.160. The molecule has 4 aromatic rings. The van der Waals surface area contributed by atoms with Crippen molar-refractivity contribution < 1.29 is 0 Å². The van der Waals surface area contributed by atoms with Crippen molar-refractivity contribution in [1.82, 2.24) is 14.6 Å². The van der Waals surface area contributed by atoms with Crippen LogP contribution in [-0.4, -0.2) is 20.9 Å². The van der Waals surface area contributed by atoms with Gasteiger partial charge in [0, 0.05) is 22.2 Å². The molecule has 0 saturated carbocycles. The van der Waals surface area contributed by atoms with Crippen LogP contribution in [0.4, 0.5) is 0 Å². The Morgan fingerprint density at radius 3 is 2.58 bits per heavy atom. The summed E-state index contributed by atoms with van der Waals surface area (Å²) in [5.74, 6) is 0.562. The third-order valence-electron chi connectivity index (χ3n) is 4.16. The monoisotopic (exact) mass is 316 g/mol. The topological polar surface area (TPSA) is 63.0 Å². The molecule has 0 aliphatic carbocycles. The normalized spacial score (nSPS) is 11.8. The van der Waals surface area contributed by atoms with Crippen LogP contribution in [0.15, 0.2) is 58.4 Å². The second-order valence-corrected chi connectivity index (χ2v) is 5.75. The summed E-state index contributed by atoms with van der Waals surface area (Å²) in [6, 6.07) is 15.3. The fourth-order valence-corrected chi connectivity index (χ4v) is 2.95. The predicted molar refractivity (Wildman–Crippen MR) is 96.8 cm³/mol. The zero-order chi connectivity index (χ0) is 16.7. The Kier molecular flexibility index (Phi) is 3.27. The number of hydrogen-bond donors (Lipinski definition) is 1. The molecule has 0 amide bonds. The molecule has 0 atom stereocenters. The maximum Gasteiger partial charge on any atom is 0.282 e. The standard InChI is InChI=1S/C19H16N4O/c1-12-16(14-7-3-5-9-17(14)21-12)11-20-23-13(2)22-18-10-6-4-8-15(18)19(23)24/h3-11,21H,1-2H3. The second-order valence-electron chi connectivity index (χ2n) is 5.75. The number of rotatable bonds is 2. The summed E-state index contributed by atoms with van der Waals surface area (Å²) in [4.78, 5) is 20.4. The first-order valence-electron chi connectivity index (χ1n) is 7.75. The molecule has 2 aromatic heterocycles. The summed E-state index contributed by atoms with van der Waals surface area (Å²) >= 11 is 0. The molecular formula is C19H16N4O. The summed E-state index contributed by atoms with van der Waals surface area (Å²) in [5, 5.41) is 6.05. The molecule has 4 rings (SSSR count). The van der Waals surface area contributed by atoms with E-state index in [0.29, 0.717) is 16.7 Å². The molecule has 5 heteroatoms. The van der Waals surface area contributed by atoms with Crippen molar-refractivity contribution in [1.29, 1.82) is 0 Å².